The summed E-state index contributed by atoms with van der Waals surface area (Å²) in [6.07, 6.45) is 0. The number of carbonyl (C=O) groups is 2. The number of likely N-dealkylation sites (tertiary alicyclic amines) is 1. The molecule has 0 aromatic heterocycles. The molecule has 1 unspecified atom stereocenters. The third kappa shape index (κ3) is 4.46. The number of rotatable bonds is 9. The van der Waals surface area contributed by atoms with E-state index in [0.717, 1.165) is 18.7 Å². The summed E-state index contributed by atoms with van der Waals surface area (Å²) in [4.78, 5) is 30.1. The molecule has 8 heteroatoms. The van der Waals surface area contributed by atoms with Gasteiger partial charge in [0.2, 0.25) is 6.79 Å². The monoisotopic (exact) mass is 466 g/mol. The Kier molecular flexibility index (Phi) is 7.07. The molecule has 4 rings (SSSR count). The minimum absolute atomic E-state index is 0.0626. The molecule has 2 aromatic carbocycles. The maximum Gasteiger partial charge on any atom is 0.295 e. The molecule has 2 aliphatic rings. The molecule has 1 amide bonds. The van der Waals surface area contributed by atoms with E-state index in [1.807, 2.05) is 31.2 Å². The van der Waals surface area contributed by atoms with Gasteiger partial charge in [-0.05, 0) is 55.9 Å². The van der Waals surface area contributed by atoms with Crippen LogP contribution in [-0.4, -0.2) is 66.2 Å². The highest BCUT2D eigenvalue weighted by Crippen LogP contribution is 2.41. The molecule has 1 N–H and O–H groups in total. The zero-order valence-corrected chi connectivity index (χ0v) is 19.7. The summed E-state index contributed by atoms with van der Waals surface area (Å²) in [6, 6.07) is 11.5. The molecule has 0 saturated carbocycles. The van der Waals surface area contributed by atoms with Gasteiger partial charge < -0.3 is 29.1 Å². The van der Waals surface area contributed by atoms with Crippen molar-refractivity contribution in [2.75, 3.05) is 39.6 Å². The molecule has 1 fully saturated rings. The predicted octanol–water partition coefficient (Wildman–Crippen LogP) is 3.58. The van der Waals surface area contributed by atoms with Crippen LogP contribution in [0.3, 0.4) is 0 Å². The number of benzene rings is 2. The van der Waals surface area contributed by atoms with Crippen molar-refractivity contribution in [1.82, 2.24) is 9.80 Å². The fourth-order valence-corrected chi connectivity index (χ4v) is 4.36. The van der Waals surface area contributed by atoms with Crippen molar-refractivity contribution in [2.45, 2.75) is 26.8 Å². The molecule has 2 aromatic rings. The summed E-state index contributed by atoms with van der Waals surface area (Å²) in [5.74, 6) is 0.196. The van der Waals surface area contributed by atoms with Gasteiger partial charge in [-0.15, -0.1) is 0 Å². The quantitative estimate of drug-likeness (QED) is 0.343. The summed E-state index contributed by atoms with van der Waals surface area (Å²) in [5.41, 5.74) is 1.18. The summed E-state index contributed by atoms with van der Waals surface area (Å²) < 4.78 is 16.3. The van der Waals surface area contributed by atoms with E-state index in [2.05, 4.69) is 18.7 Å². The van der Waals surface area contributed by atoms with Gasteiger partial charge in [-0.25, -0.2) is 0 Å². The average Bonchev–Trinajstić information content (AvgIpc) is 3.42. The number of hydrogen-bond donors (Lipinski definition) is 1. The van der Waals surface area contributed by atoms with Gasteiger partial charge in [-0.2, -0.15) is 0 Å². The number of amides is 1. The smallest absolute Gasteiger partial charge is 0.295 e. The van der Waals surface area contributed by atoms with E-state index in [0.29, 0.717) is 42.5 Å². The van der Waals surface area contributed by atoms with Crippen molar-refractivity contribution >= 4 is 17.4 Å². The van der Waals surface area contributed by atoms with Gasteiger partial charge in [0.1, 0.15) is 11.5 Å². The van der Waals surface area contributed by atoms with Crippen LogP contribution in [0, 0.1) is 0 Å². The van der Waals surface area contributed by atoms with Crippen molar-refractivity contribution in [1.29, 1.82) is 0 Å². The molecule has 8 nitrogen and oxygen atoms in total. The minimum atomic E-state index is -0.711. The molecular formula is C26H30N2O6. The van der Waals surface area contributed by atoms with E-state index in [-0.39, 0.29) is 18.1 Å². The molecule has 34 heavy (non-hydrogen) atoms. The van der Waals surface area contributed by atoms with Crippen molar-refractivity contribution in [3.05, 3.63) is 59.2 Å². The molecule has 2 heterocycles. The lowest BCUT2D eigenvalue weighted by atomic mass is 9.95. The average molecular weight is 467 g/mol. The highest BCUT2D eigenvalue weighted by molar-refractivity contribution is 6.46. The Bertz CT molecular complexity index is 1090. The highest BCUT2D eigenvalue weighted by atomic mass is 16.7. The molecular weight excluding hydrogens is 436 g/mol. The van der Waals surface area contributed by atoms with Gasteiger partial charge in [0, 0.05) is 18.7 Å². The number of hydrogen-bond acceptors (Lipinski definition) is 7. The van der Waals surface area contributed by atoms with Gasteiger partial charge in [0.25, 0.3) is 11.7 Å². The largest absolute Gasteiger partial charge is 0.507 e. The zero-order valence-electron chi connectivity index (χ0n) is 19.7. The Morgan fingerprint density at radius 3 is 2.44 bits per heavy atom. The molecule has 1 saturated heterocycles. The first-order chi connectivity index (χ1) is 16.5. The van der Waals surface area contributed by atoms with Crippen molar-refractivity contribution in [3.63, 3.8) is 0 Å². The first-order valence-electron chi connectivity index (χ1n) is 11.6. The van der Waals surface area contributed by atoms with Crippen molar-refractivity contribution in [3.8, 4) is 17.2 Å². The summed E-state index contributed by atoms with van der Waals surface area (Å²) >= 11 is 0. The minimum Gasteiger partial charge on any atom is -0.507 e. The Labute approximate surface area is 199 Å². The number of carbonyl (C=O) groups excluding carboxylic acids is 2. The number of nitrogens with zero attached hydrogens (tertiary/aromatic N) is 2. The Morgan fingerprint density at radius 2 is 1.76 bits per heavy atom. The lowest BCUT2D eigenvalue weighted by molar-refractivity contribution is -0.140. The first-order valence-corrected chi connectivity index (χ1v) is 11.6. The molecule has 2 aliphatic heterocycles. The van der Waals surface area contributed by atoms with E-state index in [9.17, 15) is 14.7 Å². The second-order valence-electron chi connectivity index (χ2n) is 8.09. The number of Topliss-reactive ketones (excluding diaryl/α,β-unsaturated/α-hetero) is 1. The highest BCUT2D eigenvalue weighted by Gasteiger charge is 2.46. The fraction of sp³-hybridized carbons (Fsp3) is 0.385. The van der Waals surface area contributed by atoms with E-state index >= 15 is 0 Å². The van der Waals surface area contributed by atoms with Gasteiger partial charge >= 0.3 is 0 Å². The number of aliphatic hydroxyl groups excluding tert-OH is 1. The van der Waals surface area contributed by atoms with Gasteiger partial charge in [0.05, 0.1) is 18.2 Å². The van der Waals surface area contributed by atoms with Gasteiger partial charge in [0.15, 0.2) is 11.5 Å². The van der Waals surface area contributed by atoms with Crippen molar-refractivity contribution < 1.29 is 28.9 Å². The number of aliphatic hydroxyl groups is 1. The Morgan fingerprint density at radius 1 is 1.06 bits per heavy atom. The Balaban J connectivity index is 1.77. The van der Waals surface area contributed by atoms with Crippen LogP contribution in [0.25, 0.3) is 5.76 Å². The van der Waals surface area contributed by atoms with Crippen LogP contribution in [0.5, 0.6) is 17.2 Å². The molecule has 0 radical (unpaired) electrons. The summed E-state index contributed by atoms with van der Waals surface area (Å²) in [7, 11) is 0. The van der Waals surface area contributed by atoms with Gasteiger partial charge in [-0.3, -0.25) is 9.59 Å². The Hall–Kier alpha value is -3.52. The summed E-state index contributed by atoms with van der Waals surface area (Å²) in [5, 5.41) is 11.2. The second kappa shape index (κ2) is 10.2. The fourth-order valence-electron chi connectivity index (χ4n) is 4.36. The topological polar surface area (TPSA) is 88.5 Å². The first kappa shape index (κ1) is 23.6. The van der Waals surface area contributed by atoms with Gasteiger partial charge in [-0.1, -0.05) is 26.0 Å². The predicted molar refractivity (Wildman–Crippen MR) is 127 cm³/mol. The molecule has 0 spiro atoms. The van der Waals surface area contributed by atoms with Crippen LogP contribution in [0.4, 0.5) is 0 Å². The van der Waals surface area contributed by atoms with Crippen LogP contribution in [0.15, 0.2) is 48.0 Å². The van der Waals surface area contributed by atoms with Crippen molar-refractivity contribution in [2.24, 2.45) is 0 Å². The zero-order chi connectivity index (χ0) is 24.2. The lowest BCUT2D eigenvalue weighted by Crippen LogP contribution is -2.38. The third-order valence-electron chi connectivity index (χ3n) is 6.24. The number of ether oxygens (including phenoxy) is 3. The number of ketones is 1. The maximum atomic E-state index is 13.2. The second-order valence-corrected chi connectivity index (χ2v) is 8.09. The lowest BCUT2D eigenvalue weighted by Gasteiger charge is -2.28. The number of fused-ring (bicyclic) bond motifs is 1. The molecule has 1 atom stereocenters. The van der Waals surface area contributed by atoms with Crippen LogP contribution >= 0.6 is 0 Å². The summed E-state index contributed by atoms with van der Waals surface area (Å²) in [6.45, 7) is 9.31. The van der Waals surface area contributed by atoms with Crippen LogP contribution < -0.4 is 14.2 Å². The number of likely N-dealkylation sites (N-methyl/N-ethyl adjacent to an activating group) is 1. The normalized spacial score (nSPS) is 18.7. The third-order valence-corrected chi connectivity index (χ3v) is 6.24. The van der Waals surface area contributed by atoms with E-state index in [1.165, 1.54) is 0 Å². The van der Waals surface area contributed by atoms with Crippen LogP contribution in [0.2, 0.25) is 0 Å². The molecule has 180 valence electrons. The molecule has 0 bridgehead atoms. The molecule has 0 aliphatic carbocycles. The van der Waals surface area contributed by atoms with E-state index in [4.69, 9.17) is 14.2 Å². The van der Waals surface area contributed by atoms with Crippen LogP contribution in [-0.2, 0) is 9.59 Å². The standard InChI is InChI=1S/C26H30N2O6/c1-4-27(5-2)13-14-28-23(17-7-10-19(11-8-17)32-6-3)22(25(30)26(28)31)24(29)18-9-12-20-21(15-18)34-16-33-20/h7-12,15,23,29H,4-6,13-14,16H2,1-3H3. The van der Waals surface area contributed by atoms with E-state index < -0.39 is 17.7 Å². The van der Waals surface area contributed by atoms with Crippen LogP contribution in [0.1, 0.15) is 37.9 Å². The maximum absolute atomic E-state index is 13.2. The SMILES string of the molecule is CCOc1ccc(C2C(=C(O)c3ccc4c(c3)OCO4)C(=O)C(=O)N2CCN(CC)CC)cc1. The van der Waals surface area contributed by atoms with E-state index in [1.54, 1.807) is 23.1 Å².